The normalized spacial score (nSPS) is 20.7. The molecule has 174 valence electrons. The van der Waals surface area contributed by atoms with Gasteiger partial charge in [0.15, 0.2) is 0 Å². The van der Waals surface area contributed by atoms with Crippen LogP contribution in [0.3, 0.4) is 0 Å². The van der Waals surface area contributed by atoms with Crippen LogP contribution in [0.2, 0.25) is 0 Å². The molecule has 0 aliphatic carbocycles. The molecule has 0 N–H and O–H groups in total. The van der Waals surface area contributed by atoms with Gasteiger partial charge < -0.3 is 13.9 Å². The summed E-state index contributed by atoms with van der Waals surface area (Å²) in [6.45, 7) is 14.8. The third-order valence-electron chi connectivity index (χ3n) is 5.71. The number of rotatable bonds is 14. The Kier molecular flexibility index (Phi) is 13.8. The van der Waals surface area contributed by atoms with Crippen molar-refractivity contribution in [3.05, 3.63) is 0 Å². The molecule has 1 unspecified atom stereocenters. The van der Waals surface area contributed by atoms with Gasteiger partial charge in [0.25, 0.3) is 8.53 Å². The summed E-state index contributed by atoms with van der Waals surface area (Å²) in [4.78, 5) is 14.7. The summed E-state index contributed by atoms with van der Waals surface area (Å²) < 4.78 is 15.0. The first kappa shape index (κ1) is 27.3. The van der Waals surface area contributed by atoms with E-state index in [-0.39, 0.29) is 24.1 Å². The topological polar surface area (TPSA) is 65.8 Å². The van der Waals surface area contributed by atoms with Crippen LogP contribution in [-0.4, -0.2) is 53.4 Å². The maximum atomic E-state index is 12.7. The SMILES string of the molecule is CCCCCCC(=O)N1CC[C@H](CC)[C@H](OP(OCCC#N)N(C(C)C)C(C)C)C1. The minimum absolute atomic E-state index is 0.0171. The molecular formula is C23H44N3O3P. The van der Waals surface area contributed by atoms with E-state index in [1.54, 1.807) is 0 Å². The highest BCUT2D eigenvalue weighted by molar-refractivity contribution is 7.44. The van der Waals surface area contributed by atoms with E-state index in [0.717, 1.165) is 32.2 Å². The molecule has 1 heterocycles. The minimum Gasteiger partial charge on any atom is -0.340 e. The summed E-state index contributed by atoms with van der Waals surface area (Å²) in [5.74, 6) is 0.688. The van der Waals surface area contributed by atoms with Crippen LogP contribution in [0.25, 0.3) is 0 Å². The van der Waals surface area contributed by atoms with Gasteiger partial charge in [-0.25, -0.2) is 4.67 Å². The molecule has 1 amide bonds. The fourth-order valence-corrected chi connectivity index (χ4v) is 5.82. The average molecular weight is 442 g/mol. The molecule has 0 spiro atoms. The van der Waals surface area contributed by atoms with Crippen molar-refractivity contribution in [1.29, 1.82) is 5.26 Å². The standard InChI is InChI=1S/C23H44N3O3P/c1-7-9-10-11-13-23(27)25-16-14-21(8-2)22(18-25)29-30(28-17-12-15-24)26(19(3)4)20(5)6/h19-22H,7-14,16-18H2,1-6H3/t21-,22+,30?/m0/s1. The van der Waals surface area contributed by atoms with Crippen LogP contribution < -0.4 is 0 Å². The Bertz CT molecular complexity index is 516. The monoisotopic (exact) mass is 441 g/mol. The Morgan fingerprint density at radius 1 is 1.20 bits per heavy atom. The van der Waals surface area contributed by atoms with E-state index in [9.17, 15) is 4.79 Å². The Morgan fingerprint density at radius 3 is 2.47 bits per heavy atom. The van der Waals surface area contributed by atoms with Crippen LogP contribution in [0.15, 0.2) is 0 Å². The molecule has 0 bridgehead atoms. The van der Waals surface area contributed by atoms with Gasteiger partial charge in [0.2, 0.25) is 5.91 Å². The van der Waals surface area contributed by atoms with Crippen molar-refractivity contribution in [3.63, 3.8) is 0 Å². The maximum absolute atomic E-state index is 12.7. The molecule has 0 radical (unpaired) electrons. The highest BCUT2D eigenvalue weighted by Gasteiger charge is 2.36. The van der Waals surface area contributed by atoms with Crippen molar-refractivity contribution in [2.24, 2.45) is 5.92 Å². The smallest absolute Gasteiger partial charge is 0.259 e. The van der Waals surface area contributed by atoms with E-state index in [2.05, 4.69) is 52.3 Å². The van der Waals surface area contributed by atoms with Crippen LogP contribution in [-0.2, 0) is 13.8 Å². The Hall–Kier alpha value is -0.730. The van der Waals surface area contributed by atoms with E-state index in [1.807, 2.05) is 4.90 Å². The molecule has 1 saturated heterocycles. The molecule has 0 saturated carbocycles. The number of nitrogens with zero attached hydrogens (tertiary/aromatic N) is 3. The molecule has 1 aliphatic rings. The first-order valence-electron chi connectivity index (χ1n) is 11.9. The number of carbonyl (C=O) groups excluding carboxylic acids is 1. The fraction of sp³-hybridized carbons (Fsp3) is 0.913. The van der Waals surface area contributed by atoms with Crippen molar-refractivity contribution in [2.75, 3.05) is 19.7 Å². The zero-order valence-electron chi connectivity index (χ0n) is 20.1. The third-order valence-corrected chi connectivity index (χ3v) is 7.86. The largest absolute Gasteiger partial charge is 0.340 e. The van der Waals surface area contributed by atoms with Crippen molar-refractivity contribution in [1.82, 2.24) is 9.57 Å². The van der Waals surface area contributed by atoms with Gasteiger partial charge >= 0.3 is 0 Å². The lowest BCUT2D eigenvalue weighted by atomic mass is 9.91. The Morgan fingerprint density at radius 2 is 1.90 bits per heavy atom. The third kappa shape index (κ3) is 9.18. The summed E-state index contributed by atoms with van der Waals surface area (Å²) in [6, 6.07) is 2.71. The molecule has 1 fully saturated rings. The van der Waals surface area contributed by atoms with Gasteiger partial charge in [0.1, 0.15) is 0 Å². The zero-order valence-corrected chi connectivity index (χ0v) is 21.0. The highest BCUT2D eigenvalue weighted by Crippen LogP contribution is 2.48. The first-order chi connectivity index (χ1) is 14.3. The number of nitriles is 1. The van der Waals surface area contributed by atoms with E-state index in [0.29, 0.717) is 31.9 Å². The molecule has 0 aromatic carbocycles. The number of amides is 1. The molecular weight excluding hydrogens is 397 g/mol. The number of likely N-dealkylation sites (tertiary alicyclic amines) is 1. The van der Waals surface area contributed by atoms with E-state index in [4.69, 9.17) is 14.3 Å². The van der Waals surface area contributed by atoms with Gasteiger partial charge in [-0.3, -0.25) is 4.79 Å². The summed E-state index contributed by atoms with van der Waals surface area (Å²) >= 11 is 0. The number of hydrogen-bond acceptors (Lipinski definition) is 5. The molecule has 1 aliphatic heterocycles. The van der Waals surface area contributed by atoms with Crippen LogP contribution >= 0.6 is 8.53 Å². The second kappa shape index (κ2) is 15.1. The second-order valence-corrected chi connectivity index (χ2v) is 10.2. The van der Waals surface area contributed by atoms with Gasteiger partial charge in [-0.15, -0.1) is 0 Å². The van der Waals surface area contributed by atoms with Crippen LogP contribution in [0, 0.1) is 17.2 Å². The van der Waals surface area contributed by atoms with Crippen molar-refractivity contribution in [3.8, 4) is 6.07 Å². The predicted molar refractivity (Wildman–Crippen MR) is 124 cm³/mol. The van der Waals surface area contributed by atoms with Gasteiger partial charge in [-0.05, 0) is 46.5 Å². The average Bonchev–Trinajstić information content (AvgIpc) is 2.70. The fourth-order valence-electron chi connectivity index (χ4n) is 4.05. The van der Waals surface area contributed by atoms with Crippen molar-refractivity contribution >= 4 is 14.4 Å². The lowest BCUT2D eigenvalue weighted by Crippen LogP contribution is -2.48. The molecule has 3 atom stereocenters. The zero-order chi connectivity index (χ0) is 22.5. The Labute approximate surface area is 186 Å². The maximum Gasteiger partial charge on any atom is 0.259 e. The van der Waals surface area contributed by atoms with E-state index < -0.39 is 8.53 Å². The van der Waals surface area contributed by atoms with Crippen molar-refractivity contribution in [2.45, 2.75) is 111 Å². The molecule has 30 heavy (non-hydrogen) atoms. The van der Waals surface area contributed by atoms with Crippen LogP contribution in [0.5, 0.6) is 0 Å². The minimum atomic E-state index is -1.28. The molecule has 1 rings (SSSR count). The quantitative estimate of drug-likeness (QED) is 0.249. The first-order valence-corrected chi connectivity index (χ1v) is 13.0. The predicted octanol–water partition coefficient (Wildman–Crippen LogP) is 5.88. The Balaban J connectivity index is 2.83. The molecule has 6 nitrogen and oxygen atoms in total. The number of unbranched alkanes of at least 4 members (excludes halogenated alkanes) is 3. The van der Waals surface area contributed by atoms with Gasteiger partial charge in [-0.1, -0.05) is 39.5 Å². The van der Waals surface area contributed by atoms with E-state index >= 15 is 0 Å². The number of piperidine rings is 1. The summed E-state index contributed by atoms with van der Waals surface area (Å²) in [5, 5.41) is 8.92. The molecule has 0 aromatic rings. The van der Waals surface area contributed by atoms with E-state index in [1.165, 1.54) is 12.8 Å². The van der Waals surface area contributed by atoms with Gasteiger partial charge in [-0.2, -0.15) is 5.26 Å². The van der Waals surface area contributed by atoms with Gasteiger partial charge in [0, 0.05) is 31.6 Å². The molecule has 7 heteroatoms. The number of hydrogen-bond donors (Lipinski definition) is 0. The lowest BCUT2D eigenvalue weighted by molar-refractivity contribution is -0.135. The van der Waals surface area contributed by atoms with Crippen LogP contribution in [0.1, 0.15) is 92.9 Å². The summed E-state index contributed by atoms with van der Waals surface area (Å²) in [5.41, 5.74) is 0. The lowest BCUT2D eigenvalue weighted by Gasteiger charge is -2.42. The number of carbonyl (C=O) groups is 1. The molecule has 0 aromatic heterocycles. The summed E-state index contributed by atoms with van der Waals surface area (Å²) in [6.07, 6.45) is 7.48. The van der Waals surface area contributed by atoms with Crippen molar-refractivity contribution < 1.29 is 13.8 Å². The van der Waals surface area contributed by atoms with Gasteiger partial charge in [0.05, 0.1) is 25.2 Å². The highest BCUT2D eigenvalue weighted by atomic mass is 31.2. The second-order valence-electron chi connectivity index (χ2n) is 8.80. The summed E-state index contributed by atoms with van der Waals surface area (Å²) in [7, 11) is -1.28. The van der Waals surface area contributed by atoms with Crippen LogP contribution in [0.4, 0.5) is 0 Å².